The van der Waals surface area contributed by atoms with Gasteiger partial charge in [-0.1, -0.05) is 6.07 Å². The molecule has 1 aromatic heterocycles. The Morgan fingerprint density at radius 1 is 0.969 bits per heavy atom. The minimum atomic E-state index is -0.208. The average Bonchev–Trinajstić information content (AvgIpc) is 2.81. The average molecular weight is 433 g/mol. The normalized spacial score (nSPS) is 14.5. The predicted molar refractivity (Wildman–Crippen MR) is 130 cm³/mol. The summed E-state index contributed by atoms with van der Waals surface area (Å²) >= 11 is 0. The lowest BCUT2D eigenvalue weighted by atomic mass is 10.1. The first-order valence-corrected chi connectivity index (χ1v) is 10.8. The van der Waals surface area contributed by atoms with Crippen LogP contribution in [0.1, 0.15) is 16.7 Å². The highest BCUT2D eigenvalue weighted by Gasteiger charge is 2.18. The summed E-state index contributed by atoms with van der Waals surface area (Å²) in [6.07, 6.45) is 1.82. The van der Waals surface area contributed by atoms with Crippen molar-refractivity contribution < 1.29 is 4.39 Å². The largest absolute Gasteiger partial charge is 0.370 e. The van der Waals surface area contributed by atoms with Gasteiger partial charge in [-0.05, 0) is 79.1 Å². The van der Waals surface area contributed by atoms with Crippen molar-refractivity contribution in [1.82, 2.24) is 4.98 Å². The monoisotopic (exact) mass is 432 g/mol. The van der Waals surface area contributed by atoms with E-state index in [4.69, 9.17) is 5.73 Å². The van der Waals surface area contributed by atoms with Crippen molar-refractivity contribution in [2.75, 3.05) is 41.3 Å². The van der Waals surface area contributed by atoms with Crippen molar-refractivity contribution in [3.8, 4) is 0 Å². The summed E-state index contributed by atoms with van der Waals surface area (Å²) in [6, 6.07) is 16.8. The van der Waals surface area contributed by atoms with Gasteiger partial charge in [0.25, 0.3) is 0 Å². The summed E-state index contributed by atoms with van der Waals surface area (Å²) in [5.41, 5.74) is 11.6. The Hall–Kier alpha value is -3.61. The molecule has 0 spiro atoms. The molecule has 1 fully saturated rings. The minimum Gasteiger partial charge on any atom is -0.370 e. The molecule has 1 aliphatic heterocycles. The van der Waals surface area contributed by atoms with Gasteiger partial charge in [-0.3, -0.25) is 0 Å². The maximum absolute atomic E-state index is 13.2. The number of hydrogen-bond donors (Lipinski definition) is 2. The number of guanidine groups is 1. The fourth-order valence-electron chi connectivity index (χ4n) is 3.76. The van der Waals surface area contributed by atoms with Gasteiger partial charge in [0.1, 0.15) is 11.6 Å². The molecule has 1 aliphatic rings. The second kappa shape index (κ2) is 9.68. The standard InChI is InChI=1S/C25H29FN6/c1-18-3-6-22(15-19(18)2)30-25(27)29-17-20-9-10-28-24(16-20)32-13-11-31(12-14-32)23-7-4-21(26)5-8-23/h3-10,15-16H,11-14,17H2,1-2H3,(H3,27,29,30). The van der Waals surface area contributed by atoms with Gasteiger partial charge in [-0.25, -0.2) is 14.4 Å². The first kappa shape index (κ1) is 21.6. The molecule has 0 aliphatic carbocycles. The molecule has 0 unspecified atom stereocenters. The Morgan fingerprint density at radius 2 is 1.69 bits per heavy atom. The van der Waals surface area contributed by atoms with Gasteiger partial charge < -0.3 is 20.9 Å². The summed E-state index contributed by atoms with van der Waals surface area (Å²) in [5.74, 6) is 1.12. The lowest BCUT2D eigenvalue weighted by Crippen LogP contribution is -2.46. The van der Waals surface area contributed by atoms with E-state index in [0.717, 1.165) is 48.9 Å². The number of aromatic nitrogens is 1. The van der Waals surface area contributed by atoms with Gasteiger partial charge in [0.15, 0.2) is 5.96 Å². The van der Waals surface area contributed by atoms with E-state index >= 15 is 0 Å². The Labute approximate surface area is 188 Å². The van der Waals surface area contributed by atoms with Gasteiger partial charge in [0, 0.05) is 43.8 Å². The third kappa shape index (κ3) is 5.35. The van der Waals surface area contributed by atoms with E-state index in [1.807, 2.05) is 30.5 Å². The van der Waals surface area contributed by atoms with Crippen molar-refractivity contribution in [2.24, 2.45) is 10.7 Å². The van der Waals surface area contributed by atoms with Crippen molar-refractivity contribution in [3.63, 3.8) is 0 Å². The van der Waals surface area contributed by atoms with Crippen LogP contribution in [0.2, 0.25) is 0 Å². The minimum absolute atomic E-state index is 0.208. The number of rotatable bonds is 5. The van der Waals surface area contributed by atoms with E-state index in [9.17, 15) is 4.39 Å². The van der Waals surface area contributed by atoms with Crippen molar-refractivity contribution >= 4 is 23.2 Å². The van der Waals surface area contributed by atoms with E-state index in [2.05, 4.69) is 57.1 Å². The van der Waals surface area contributed by atoms with E-state index in [1.54, 1.807) is 0 Å². The summed E-state index contributed by atoms with van der Waals surface area (Å²) in [7, 11) is 0. The lowest BCUT2D eigenvalue weighted by Gasteiger charge is -2.36. The molecule has 1 saturated heterocycles. The lowest BCUT2D eigenvalue weighted by molar-refractivity contribution is 0.624. The first-order chi connectivity index (χ1) is 15.5. The molecule has 0 radical (unpaired) electrons. The Morgan fingerprint density at radius 3 is 2.41 bits per heavy atom. The van der Waals surface area contributed by atoms with Gasteiger partial charge in [-0.2, -0.15) is 0 Å². The molecule has 32 heavy (non-hydrogen) atoms. The SMILES string of the molecule is Cc1ccc(NC(N)=NCc2ccnc(N3CCN(c4ccc(F)cc4)CC3)c2)cc1C. The Balaban J connectivity index is 1.34. The molecule has 7 heteroatoms. The molecule has 166 valence electrons. The van der Waals surface area contributed by atoms with Crippen LogP contribution in [-0.4, -0.2) is 37.1 Å². The number of nitrogens with two attached hydrogens (primary N) is 1. The fourth-order valence-corrected chi connectivity index (χ4v) is 3.76. The molecule has 2 aromatic carbocycles. The number of aryl methyl sites for hydroxylation is 2. The second-order valence-corrected chi connectivity index (χ2v) is 8.10. The van der Waals surface area contributed by atoms with Gasteiger partial charge in [0.05, 0.1) is 6.54 Å². The number of pyridine rings is 1. The zero-order valence-electron chi connectivity index (χ0n) is 18.6. The van der Waals surface area contributed by atoms with Gasteiger partial charge >= 0.3 is 0 Å². The predicted octanol–water partition coefficient (Wildman–Crippen LogP) is 4.09. The molecule has 0 atom stereocenters. The van der Waals surface area contributed by atoms with Crippen LogP contribution in [0.3, 0.4) is 0 Å². The number of nitrogens with zero attached hydrogens (tertiary/aromatic N) is 4. The van der Waals surface area contributed by atoms with Crippen LogP contribution in [0.15, 0.2) is 65.8 Å². The zero-order valence-corrected chi connectivity index (χ0v) is 18.6. The second-order valence-electron chi connectivity index (χ2n) is 8.10. The van der Waals surface area contributed by atoms with Crippen molar-refractivity contribution in [2.45, 2.75) is 20.4 Å². The van der Waals surface area contributed by atoms with Crippen LogP contribution in [0.5, 0.6) is 0 Å². The molecule has 2 heterocycles. The van der Waals surface area contributed by atoms with E-state index in [0.29, 0.717) is 12.5 Å². The highest BCUT2D eigenvalue weighted by atomic mass is 19.1. The van der Waals surface area contributed by atoms with Gasteiger partial charge in [-0.15, -0.1) is 0 Å². The maximum atomic E-state index is 13.2. The fraction of sp³-hybridized carbons (Fsp3) is 0.280. The first-order valence-electron chi connectivity index (χ1n) is 10.8. The topological polar surface area (TPSA) is 69.8 Å². The van der Waals surface area contributed by atoms with Crippen molar-refractivity contribution in [3.05, 3.63) is 83.3 Å². The number of benzene rings is 2. The molecule has 0 saturated carbocycles. The molecule has 4 rings (SSSR count). The molecule has 0 amide bonds. The number of nitrogens with one attached hydrogen (secondary N) is 1. The van der Waals surface area contributed by atoms with E-state index in [1.165, 1.54) is 23.3 Å². The summed E-state index contributed by atoms with van der Waals surface area (Å²) in [6.45, 7) is 8.08. The smallest absolute Gasteiger partial charge is 0.193 e. The van der Waals surface area contributed by atoms with Crippen LogP contribution in [0, 0.1) is 19.7 Å². The Bertz CT molecular complexity index is 1090. The third-order valence-corrected chi connectivity index (χ3v) is 5.82. The summed E-state index contributed by atoms with van der Waals surface area (Å²) < 4.78 is 13.2. The Kier molecular flexibility index (Phi) is 6.54. The van der Waals surface area contributed by atoms with Gasteiger partial charge in [0.2, 0.25) is 0 Å². The number of halogens is 1. The van der Waals surface area contributed by atoms with E-state index in [-0.39, 0.29) is 5.82 Å². The third-order valence-electron chi connectivity index (χ3n) is 5.82. The van der Waals surface area contributed by atoms with Crippen LogP contribution in [0.25, 0.3) is 0 Å². The maximum Gasteiger partial charge on any atom is 0.193 e. The molecular formula is C25H29FN6. The number of hydrogen-bond acceptors (Lipinski definition) is 4. The van der Waals surface area contributed by atoms with Crippen LogP contribution in [0.4, 0.5) is 21.6 Å². The van der Waals surface area contributed by atoms with Crippen molar-refractivity contribution in [1.29, 1.82) is 0 Å². The quantitative estimate of drug-likeness (QED) is 0.469. The van der Waals surface area contributed by atoms with Crippen LogP contribution < -0.4 is 20.9 Å². The van der Waals surface area contributed by atoms with Crippen LogP contribution in [-0.2, 0) is 6.54 Å². The number of anilines is 3. The zero-order chi connectivity index (χ0) is 22.5. The highest BCUT2D eigenvalue weighted by molar-refractivity contribution is 5.92. The molecule has 0 bridgehead atoms. The molecule has 6 nitrogen and oxygen atoms in total. The number of piperazine rings is 1. The number of aliphatic imine (C=N–C) groups is 1. The molecular weight excluding hydrogens is 403 g/mol. The highest BCUT2D eigenvalue weighted by Crippen LogP contribution is 2.20. The van der Waals surface area contributed by atoms with E-state index < -0.39 is 0 Å². The molecule has 3 N–H and O–H groups in total. The van der Waals surface area contributed by atoms with Crippen LogP contribution >= 0.6 is 0 Å². The summed E-state index contributed by atoms with van der Waals surface area (Å²) in [5, 5.41) is 3.15. The summed E-state index contributed by atoms with van der Waals surface area (Å²) in [4.78, 5) is 13.6. The molecule has 3 aromatic rings.